The first kappa shape index (κ1) is 22.4. The number of amides is 3. The van der Waals surface area contributed by atoms with Gasteiger partial charge in [0.25, 0.3) is 17.7 Å². The predicted octanol–water partition coefficient (Wildman–Crippen LogP) is 4.11. The summed E-state index contributed by atoms with van der Waals surface area (Å²) in [5, 5.41) is 5.50. The summed E-state index contributed by atoms with van der Waals surface area (Å²) in [7, 11) is 1.55. The number of anilines is 1. The lowest BCUT2D eigenvalue weighted by Gasteiger charge is -2.18. The van der Waals surface area contributed by atoms with Crippen LogP contribution < -0.4 is 9.75 Å². The Hall–Kier alpha value is -4.44. The van der Waals surface area contributed by atoms with Crippen LogP contribution in [-0.4, -0.2) is 47.5 Å². The molecule has 4 aromatic rings. The zero-order valence-electron chi connectivity index (χ0n) is 18.3. The lowest BCUT2D eigenvalue weighted by atomic mass is 10.1. The summed E-state index contributed by atoms with van der Waals surface area (Å²) in [6.07, 6.45) is 1.45. The molecule has 1 aliphatic rings. The average Bonchev–Trinajstić information content (AvgIpc) is 3.39. The van der Waals surface area contributed by atoms with E-state index in [-0.39, 0.29) is 16.3 Å². The van der Waals surface area contributed by atoms with Crippen LogP contribution in [0.25, 0.3) is 10.2 Å². The number of methoxy groups -OCH3 is 1. The maximum Gasteiger partial charge on any atom is 0.269 e. The Morgan fingerprint density at radius 2 is 1.77 bits per heavy atom. The van der Waals surface area contributed by atoms with Gasteiger partial charge in [0.05, 0.1) is 34.7 Å². The fourth-order valence-electron chi connectivity index (χ4n) is 3.60. The summed E-state index contributed by atoms with van der Waals surface area (Å²) in [4.78, 5) is 44.1. The molecule has 10 heteroatoms. The number of fused-ring (bicyclic) bond motifs is 2. The third-order valence-corrected chi connectivity index (χ3v) is 6.36. The van der Waals surface area contributed by atoms with Gasteiger partial charge in [-0.2, -0.15) is 10.1 Å². The molecule has 3 aromatic carbocycles. The van der Waals surface area contributed by atoms with Gasteiger partial charge in [-0.25, -0.2) is 9.37 Å². The number of benzene rings is 3. The molecule has 0 bridgehead atoms. The quantitative estimate of drug-likeness (QED) is 0.231. The zero-order chi connectivity index (χ0) is 24.5. The van der Waals surface area contributed by atoms with E-state index in [1.807, 2.05) is 0 Å². The second kappa shape index (κ2) is 9.07. The summed E-state index contributed by atoms with van der Waals surface area (Å²) in [5.41, 5.74) is 1.66. The lowest BCUT2D eigenvalue weighted by Crippen LogP contribution is -2.41. The van der Waals surface area contributed by atoms with Gasteiger partial charge in [-0.3, -0.25) is 19.3 Å². The van der Waals surface area contributed by atoms with Gasteiger partial charge in [0.15, 0.2) is 0 Å². The Bertz CT molecular complexity index is 1460. The first-order chi connectivity index (χ1) is 16.9. The number of rotatable bonds is 6. The van der Waals surface area contributed by atoms with Gasteiger partial charge in [0.1, 0.15) is 18.1 Å². The number of hydrogen-bond donors (Lipinski definition) is 0. The van der Waals surface area contributed by atoms with Crippen molar-refractivity contribution in [3.8, 4) is 5.75 Å². The molecule has 0 atom stereocenters. The molecule has 174 valence electrons. The number of aromatic nitrogens is 1. The number of carbonyl (C=O) groups is 3. The van der Waals surface area contributed by atoms with Crippen molar-refractivity contribution < 1.29 is 23.5 Å². The number of hydrogen-bond acceptors (Lipinski definition) is 7. The van der Waals surface area contributed by atoms with Crippen LogP contribution in [0.2, 0.25) is 0 Å². The number of thiazole rings is 1. The molecular weight excluding hydrogens is 471 g/mol. The number of imide groups is 1. The average molecular weight is 489 g/mol. The van der Waals surface area contributed by atoms with E-state index in [2.05, 4.69) is 10.1 Å². The largest absolute Gasteiger partial charge is 0.497 e. The molecule has 0 saturated carbocycles. The minimum absolute atomic E-state index is 0.178. The molecule has 8 nitrogen and oxygen atoms in total. The fraction of sp³-hybridized carbons (Fsp3) is 0.0800. The lowest BCUT2D eigenvalue weighted by molar-refractivity contribution is -0.118. The normalized spacial score (nSPS) is 13.0. The van der Waals surface area contributed by atoms with Gasteiger partial charge in [-0.1, -0.05) is 23.5 Å². The van der Waals surface area contributed by atoms with Gasteiger partial charge < -0.3 is 4.74 Å². The summed E-state index contributed by atoms with van der Waals surface area (Å²) in [6.45, 7) is -0.531. The van der Waals surface area contributed by atoms with Crippen LogP contribution in [0.1, 0.15) is 26.3 Å². The molecule has 0 saturated heterocycles. The van der Waals surface area contributed by atoms with Crippen LogP contribution in [0.3, 0.4) is 0 Å². The summed E-state index contributed by atoms with van der Waals surface area (Å²) >= 11 is 1.07. The van der Waals surface area contributed by atoms with E-state index in [9.17, 15) is 18.8 Å². The van der Waals surface area contributed by atoms with Crippen LogP contribution in [0.15, 0.2) is 71.8 Å². The highest BCUT2D eigenvalue weighted by molar-refractivity contribution is 7.22. The highest BCUT2D eigenvalue weighted by Crippen LogP contribution is 2.30. The van der Waals surface area contributed by atoms with Gasteiger partial charge in [0, 0.05) is 0 Å². The third kappa shape index (κ3) is 4.26. The number of halogens is 1. The van der Waals surface area contributed by atoms with Crippen molar-refractivity contribution in [2.24, 2.45) is 5.10 Å². The summed E-state index contributed by atoms with van der Waals surface area (Å²) < 4.78 is 19.4. The molecule has 0 fully saturated rings. The Morgan fingerprint density at radius 3 is 2.43 bits per heavy atom. The van der Waals surface area contributed by atoms with E-state index in [0.29, 0.717) is 21.5 Å². The van der Waals surface area contributed by atoms with Gasteiger partial charge in [0.2, 0.25) is 5.13 Å². The molecule has 3 amide bonds. The minimum Gasteiger partial charge on any atom is -0.497 e. The SMILES string of the molecule is COc1ccc(/C=N/N(C(=O)CN2C(=O)c3ccccc3C2=O)c2nc3ccc(F)cc3s2)cc1. The van der Waals surface area contributed by atoms with Crippen LogP contribution in [-0.2, 0) is 4.79 Å². The standard InChI is InChI=1S/C25H17FN4O4S/c1-34-17-9-6-15(7-10-17)13-27-30(25-28-20-11-8-16(26)12-21(20)35-25)22(31)14-29-23(32)18-4-2-3-5-19(18)24(29)33/h2-13H,14H2,1H3/b27-13+. The number of hydrazone groups is 1. The summed E-state index contributed by atoms with van der Waals surface area (Å²) in [6, 6.07) is 17.5. The van der Waals surface area contributed by atoms with Crippen molar-refractivity contribution in [2.75, 3.05) is 18.7 Å². The molecule has 0 spiro atoms. The Labute approximate surface area is 202 Å². The Kier molecular flexibility index (Phi) is 5.79. The molecular formula is C25H17FN4O4S. The Morgan fingerprint density at radius 1 is 1.09 bits per heavy atom. The number of carbonyl (C=O) groups excluding carboxylic acids is 3. The molecule has 5 rings (SSSR count). The third-order valence-electron chi connectivity index (χ3n) is 5.37. The molecule has 1 aliphatic heterocycles. The molecule has 35 heavy (non-hydrogen) atoms. The second-order valence-electron chi connectivity index (χ2n) is 7.57. The van der Waals surface area contributed by atoms with Gasteiger partial charge in [-0.05, 0) is 60.2 Å². The van der Waals surface area contributed by atoms with Crippen molar-refractivity contribution in [2.45, 2.75) is 0 Å². The van der Waals surface area contributed by atoms with Crippen molar-refractivity contribution in [3.05, 3.63) is 89.2 Å². The van der Waals surface area contributed by atoms with E-state index < -0.39 is 30.1 Å². The topological polar surface area (TPSA) is 92.2 Å². The molecule has 0 N–H and O–H groups in total. The van der Waals surface area contributed by atoms with Crippen LogP contribution in [0.4, 0.5) is 9.52 Å². The first-order valence-corrected chi connectivity index (χ1v) is 11.3. The molecule has 0 unspecified atom stereocenters. The zero-order valence-corrected chi connectivity index (χ0v) is 19.2. The predicted molar refractivity (Wildman–Crippen MR) is 129 cm³/mol. The monoisotopic (exact) mass is 488 g/mol. The van der Waals surface area contributed by atoms with Crippen LogP contribution in [0.5, 0.6) is 5.75 Å². The van der Waals surface area contributed by atoms with Crippen molar-refractivity contribution in [3.63, 3.8) is 0 Å². The molecule has 1 aromatic heterocycles. The van der Waals surface area contributed by atoms with Crippen molar-refractivity contribution in [1.82, 2.24) is 9.88 Å². The molecule has 0 radical (unpaired) electrons. The maximum atomic E-state index is 13.7. The highest BCUT2D eigenvalue weighted by Gasteiger charge is 2.37. The van der Waals surface area contributed by atoms with Crippen molar-refractivity contribution in [1.29, 1.82) is 0 Å². The smallest absolute Gasteiger partial charge is 0.269 e. The van der Waals surface area contributed by atoms with Crippen molar-refractivity contribution >= 4 is 50.6 Å². The second-order valence-corrected chi connectivity index (χ2v) is 8.58. The summed E-state index contributed by atoms with van der Waals surface area (Å²) in [5.74, 6) is -1.52. The molecule has 0 aliphatic carbocycles. The van der Waals surface area contributed by atoms with E-state index in [0.717, 1.165) is 21.2 Å². The Balaban J connectivity index is 1.47. The van der Waals surface area contributed by atoms with Gasteiger partial charge in [-0.15, -0.1) is 0 Å². The van der Waals surface area contributed by atoms with Crippen LogP contribution >= 0.6 is 11.3 Å². The van der Waals surface area contributed by atoms with E-state index in [1.54, 1.807) is 55.6 Å². The first-order valence-electron chi connectivity index (χ1n) is 10.5. The van der Waals surface area contributed by atoms with E-state index in [4.69, 9.17) is 4.74 Å². The highest BCUT2D eigenvalue weighted by atomic mass is 32.1. The van der Waals surface area contributed by atoms with Crippen LogP contribution in [0, 0.1) is 5.82 Å². The van der Waals surface area contributed by atoms with E-state index >= 15 is 0 Å². The van der Waals surface area contributed by atoms with E-state index in [1.165, 1.54) is 24.4 Å². The van der Waals surface area contributed by atoms with Gasteiger partial charge >= 0.3 is 0 Å². The number of ether oxygens (including phenoxy) is 1. The number of nitrogens with zero attached hydrogens (tertiary/aromatic N) is 4. The molecule has 2 heterocycles. The minimum atomic E-state index is -0.649. The maximum absolute atomic E-state index is 13.7. The fourth-order valence-corrected chi connectivity index (χ4v) is 4.56.